The molecule has 3 rings (SSSR count). The summed E-state index contributed by atoms with van der Waals surface area (Å²) in [7, 11) is 0. The number of carbonyl (C=O) groups is 2. The molecule has 5 N–H and O–H groups in total. The number of aromatic nitrogens is 2. The van der Waals surface area contributed by atoms with E-state index in [0.717, 1.165) is 19.3 Å². The van der Waals surface area contributed by atoms with Gasteiger partial charge >= 0.3 is 6.18 Å². The van der Waals surface area contributed by atoms with E-state index in [1.807, 2.05) is 18.7 Å². The number of anilines is 3. The third kappa shape index (κ3) is 5.63. The zero-order valence-corrected chi connectivity index (χ0v) is 19.0. The summed E-state index contributed by atoms with van der Waals surface area (Å²) in [4.78, 5) is 33.9. The fraction of sp³-hybridized carbons (Fsp3) is 0.364. The Morgan fingerprint density at radius 3 is 2.44 bits per heavy atom. The number of Topliss-reactive ketones (excluding diaryl/α,β-unsaturated/α-hetero) is 1. The monoisotopic (exact) mass is 477 g/mol. The van der Waals surface area contributed by atoms with Gasteiger partial charge < -0.3 is 21.7 Å². The van der Waals surface area contributed by atoms with E-state index < -0.39 is 29.6 Å². The summed E-state index contributed by atoms with van der Waals surface area (Å²) in [5.74, 6) is -1.37. The molecule has 1 amide bonds. The number of carbonyl (C=O) groups excluding carboxylic acids is 2. The largest absolute Gasteiger partial charge is 0.433 e. The second-order valence-electron chi connectivity index (χ2n) is 7.68. The first-order chi connectivity index (χ1) is 16.0. The molecule has 0 saturated carbocycles. The third-order valence-electron chi connectivity index (χ3n) is 5.34. The van der Waals surface area contributed by atoms with Crippen LogP contribution in [-0.4, -0.2) is 52.2 Å². The van der Waals surface area contributed by atoms with Gasteiger partial charge in [-0.1, -0.05) is 13.8 Å². The third-order valence-corrected chi connectivity index (χ3v) is 5.34. The quantitative estimate of drug-likeness (QED) is 0.407. The van der Waals surface area contributed by atoms with E-state index in [2.05, 4.69) is 25.9 Å². The number of fused-ring (bicyclic) bond motifs is 1. The molecule has 12 heteroatoms. The smallest absolute Gasteiger partial charge is 0.375 e. The Balaban J connectivity index is 1.83. The lowest BCUT2D eigenvalue weighted by Crippen LogP contribution is -2.37. The Kier molecular flexibility index (Phi) is 7.40. The Bertz CT molecular complexity index is 1110. The van der Waals surface area contributed by atoms with Crippen molar-refractivity contribution in [3.63, 3.8) is 0 Å². The fourth-order valence-electron chi connectivity index (χ4n) is 3.39. The summed E-state index contributed by atoms with van der Waals surface area (Å²) in [5.41, 5.74) is 5.67. The number of nitrogens with one attached hydrogen (secondary N) is 3. The molecule has 182 valence electrons. The van der Waals surface area contributed by atoms with Gasteiger partial charge in [0, 0.05) is 11.9 Å². The molecule has 2 aromatic rings. The number of halogens is 3. The van der Waals surface area contributed by atoms with Crippen LogP contribution in [0.4, 0.5) is 30.2 Å². The SMILES string of the molecule is CCN(CC)CC(=O)C(C)Nc1ccc2c(c1)NC(=C(C(N)=O)c1nccc(C(F)(F)F)n1)N2. The van der Waals surface area contributed by atoms with Crippen molar-refractivity contribution in [3.05, 3.63) is 47.8 Å². The van der Waals surface area contributed by atoms with Gasteiger partial charge in [-0.25, -0.2) is 9.97 Å². The zero-order chi connectivity index (χ0) is 25.0. The molecule has 34 heavy (non-hydrogen) atoms. The number of alkyl halides is 3. The summed E-state index contributed by atoms with van der Waals surface area (Å²) in [6.07, 6.45) is -3.79. The number of nitrogens with two attached hydrogens (primary N) is 1. The van der Waals surface area contributed by atoms with Crippen molar-refractivity contribution >= 4 is 34.3 Å². The molecular formula is C22H26F3N7O2. The molecule has 1 atom stereocenters. The van der Waals surface area contributed by atoms with Crippen molar-refractivity contribution in [1.82, 2.24) is 14.9 Å². The van der Waals surface area contributed by atoms with Crippen LogP contribution in [0.2, 0.25) is 0 Å². The van der Waals surface area contributed by atoms with E-state index in [9.17, 15) is 22.8 Å². The zero-order valence-electron chi connectivity index (χ0n) is 19.0. The van der Waals surface area contributed by atoms with E-state index in [0.29, 0.717) is 29.7 Å². The Hall–Kier alpha value is -3.67. The Labute approximate surface area is 194 Å². The van der Waals surface area contributed by atoms with Crippen LogP contribution < -0.4 is 21.7 Å². The molecule has 1 unspecified atom stereocenters. The van der Waals surface area contributed by atoms with Crippen molar-refractivity contribution in [2.45, 2.75) is 33.0 Å². The van der Waals surface area contributed by atoms with Crippen LogP contribution in [0.1, 0.15) is 32.3 Å². The number of likely N-dealkylation sites (N-methyl/N-ethyl adjacent to an activating group) is 1. The molecule has 0 radical (unpaired) electrons. The number of hydrogen-bond acceptors (Lipinski definition) is 8. The van der Waals surface area contributed by atoms with Crippen LogP contribution in [0.25, 0.3) is 5.57 Å². The molecule has 2 heterocycles. The maximum atomic E-state index is 13.1. The number of hydrogen-bond donors (Lipinski definition) is 4. The predicted molar refractivity (Wildman–Crippen MR) is 123 cm³/mol. The van der Waals surface area contributed by atoms with E-state index in [-0.39, 0.29) is 17.2 Å². The molecule has 0 aliphatic carbocycles. The topological polar surface area (TPSA) is 125 Å². The van der Waals surface area contributed by atoms with Gasteiger partial charge in [0.25, 0.3) is 5.91 Å². The summed E-state index contributed by atoms with van der Waals surface area (Å²) < 4.78 is 39.2. The minimum atomic E-state index is -4.70. The van der Waals surface area contributed by atoms with Gasteiger partial charge in [0.1, 0.15) is 17.1 Å². The molecule has 1 aromatic carbocycles. The standard InChI is InChI=1S/C22H26F3N7O2/c1-4-32(5-2)11-16(33)12(3)28-13-6-7-14-15(10-13)30-21(29-14)18(19(26)34)20-27-9-8-17(31-20)22(23,24)25/h6-10,12,28-30H,4-5,11H2,1-3H3,(H2,26,34). The molecule has 0 bridgehead atoms. The molecular weight excluding hydrogens is 451 g/mol. The van der Waals surface area contributed by atoms with Crippen molar-refractivity contribution in [2.75, 3.05) is 35.6 Å². The van der Waals surface area contributed by atoms with Gasteiger partial charge in [-0.2, -0.15) is 13.2 Å². The van der Waals surface area contributed by atoms with Crippen molar-refractivity contribution < 1.29 is 22.8 Å². The van der Waals surface area contributed by atoms with Gasteiger partial charge in [0.2, 0.25) is 0 Å². The number of amides is 1. The summed E-state index contributed by atoms with van der Waals surface area (Å²) in [6.45, 7) is 7.63. The van der Waals surface area contributed by atoms with Crippen LogP contribution >= 0.6 is 0 Å². The number of rotatable bonds is 9. The van der Waals surface area contributed by atoms with Crippen molar-refractivity contribution in [1.29, 1.82) is 0 Å². The average Bonchev–Trinajstić information content (AvgIpc) is 3.19. The normalized spacial score (nSPS) is 15.3. The summed E-state index contributed by atoms with van der Waals surface area (Å²) >= 11 is 0. The highest BCUT2D eigenvalue weighted by atomic mass is 19.4. The van der Waals surface area contributed by atoms with Gasteiger partial charge in [-0.3, -0.25) is 14.5 Å². The lowest BCUT2D eigenvalue weighted by atomic mass is 10.1. The average molecular weight is 477 g/mol. The van der Waals surface area contributed by atoms with Crippen molar-refractivity contribution in [3.8, 4) is 0 Å². The number of nitrogens with zero attached hydrogens (tertiary/aromatic N) is 3. The summed E-state index contributed by atoms with van der Waals surface area (Å²) in [5, 5.41) is 9.01. The van der Waals surface area contributed by atoms with Gasteiger partial charge in [-0.15, -0.1) is 0 Å². The van der Waals surface area contributed by atoms with Crippen LogP contribution in [0.15, 0.2) is 36.3 Å². The highest BCUT2D eigenvalue weighted by molar-refractivity contribution is 6.20. The molecule has 1 aromatic heterocycles. The highest BCUT2D eigenvalue weighted by Crippen LogP contribution is 2.36. The molecule has 0 spiro atoms. The maximum absolute atomic E-state index is 13.1. The lowest BCUT2D eigenvalue weighted by molar-refractivity contribution is -0.141. The molecule has 1 aliphatic rings. The first-order valence-electron chi connectivity index (χ1n) is 10.7. The van der Waals surface area contributed by atoms with Gasteiger partial charge in [-0.05, 0) is 44.3 Å². The Morgan fingerprint density at radius 1 is 1.15 bits per heavy atom. The number of ketones is 1. The molecule has 0 fully saturated rings. The lowest BCUT2D eigenvalue weighted by Gasteiger charge is -2.21. The Morgan fingerprint density at radius 2 is 1.82 bits per heavy atom. The fourth-order valence-corrected chi connectivity index (χ4v) is 3.39. The predicted octanol–water partition coefficient (Wildman–Crippen LogP) is 2.90. The van der Waals surface area contributed by atoms with Crippen LogP contribution in [0.3, 0.4) is 0 Å². The number of primary amides is 1. The number of benzene rings is 1. The van der Waals surface area contributed by atoms with Crippen LogP contribution in [-0.2, 0) is 15.8 Å². The first-order valence-corrected chi connectivity index (χ1v) is 10.7. The second-order valence-corrected chi connectivity index (χ2v) is 7.68. The van der Waals surface area contributed by atoms with E-state index in [1.165, 1.54) is 0 Å². The highest BCUT2D eigenvalue weighted by Gasteiger charge is 2.34. The van der Waals surface area contributed by atoms with Crippen molar-refractivity contribution in [2.24, 2.45) is 5.73 Å². The molecule has 0 saturated heterocycles. The second kappa shape index (κ2) is 10.1. The van der Waals surface area contributed by atoms with Gasteiger partial charge in [0.15, 0.2) is 11.6 Å². The van der Waals surface area contributed by atoms with E-state index in [4.69, 9.17) is 5.73 Å². The molecule has 9 nitrogen and oxygen atoms in total. The van der Waals surface area contributed by atoms with Crippen LogP contribution in [0, 0.1) is 0 Å². The summed E-state index contributed by atoms with van der Waals surface area (Å²) in [6, 6.07) is 5.41. The van der Waals surface area contributed by atoms with E-state index in [1.54, 1.807) is 25.1 Å². The molecule has 1 aliphatic heterocycles. The minimum absolute atomic E-state index is 0.0357. The minimum Gasteiger partial charge on any atom is -0.375 e. The first kappa shape index (κ1) is 25.0. The van der Waals surface area contributed by atoms with Gasteiger partial charge in [0.05, 0.1) is 24.0 Å². The van der Waals surface area contributed by atoms with Crippen LogP contribution in [0.5, 0.6) is 0 Å². The van der Waals surface area contributed by atoms with E-state index >= 15 is 0 Å². The maximum Gasteiger partial charge on any atom is 0.433 e.